The van der Waals surface area contributed by atoms with Crippen LogP contribution in [0.2, 0.25) is 5.02 Å². The van der Waals surface area contributed by atoms with Gasteiger partial charge in [-0.15, -0.1) is 5.10 Å². The monoisotopic (exact) mass is 440 g/mol. The van der Waals surface area contributed by atoms with E-state index in [0.29, 0.717) is 35.1 Å². The van der Waals surface area contributed by atoms with Crippen molar-refractivity contribution >= 4 is 29.4 Å². The Kier molecular flexibility index (Phi) is 5.77. The smallest absolute Gasteiger partial charge is 0.325 e. The van der Waals surface area contributed by atoms with E-state index >= 15 is 0 Å². The standard InChI is InChI=1S/C21H25ClN8O/c1-13(2)17-11-28(4)21(31)30(17)18-9-10-23-20(26-18)25-14(3)19-24-12-29(27-19)16-7-5-15(22)6-8-16/h5-10,12-14,17H,11H2,1-4H3,(H,23,25,26)/t14-,17+/m0/s1. The highest BCUT2D eigenvalue weighted by Gasteiger charge is 2.38. The van der Waals surface area contributed by atoms with Crippen molar-refractivity contribution in [2.75, 3.05) is 23.8 Å². The summed E-state index contributed by atoms with van der Waals surface area (Å²) >= 11 is 5.95. The van der Waals surface area contributed by atoms with Crippen LogP contribution in [0.3, 0.4) is 0 Å². The van der Waals surface area contributed by atoms with Crippen molar-refractivity contribution in [2.45, 2.75) is 32.9 Å². The second-order valence-electron chi connectivity index (χ2n) is 7.97. The topological polar surface area (TPSA) is 92.1 Å². The van der Waals surface area contributed by atoms with Gasteiger partial charge in [0, 0.05) is 24.8 Å². The maximum atomic E-state index is 12.7. The van der Waals surface area contributed by atoms with Gasteiger partial charge in [-0.25, -0.2) is 19.4 Å². The van der Waals surface area contributed by atoms with Gasteiger partial charge in [-0.2, -0.15) is 4.98 Å². The van der Waals surface area contributed by atoms with E-state index < -0.39 is 0 Å². The van der Waals surface area contributed by atoms with Crippen molar-refractivity contribution < 1.29 is 4.79 Å². The number of urea groups is 1. The van der Waals surface area contributed by atoms with Crippen LogP contribution in [0.15, 0.2) is 42.9 Å². The SMILES string of the molecule is CC(C)[C@H]1CN(C)C(=O)N1c1ccnc(N[C@@H](C)c2ncn(-c3ccc(Cl)cc3)n2)n1. The number of hydrogen-bond acceptors (Lipinski definition) is 6. The molecule has 9 nitrogen and oxygen atoms in total. The van der Waals surface area contributed by atoms with Gasteiger partial charge < -0.3 is 10.2 Å². The lowest BCUT2D eigenvalue weighted by Crippen LogP contribution is -2.38. The summed E-state index contributed by atoms with van der Waals surface area (Å²) in [5.41, 5.74) is 0.866. The van der Waals surface area contributed by atoms with E-state index in [4.69, 9.17) is 11.6 Å². The van der Waals surface area contributed by atoms with Crippen molar-refractivity contribution in [3.8, 4) is 5.69 Å². The molecular weight excluding hydrogens is 416 g/mol. The van der Waals surface area contributed by atoms with Crippen molar-refractivity contribution in [2.24, 2.45) is 5.92 Å². The van der Waals surface area contributed by atoms with Gasteiger partial charge in [-0.1, -0.05) is 25.4 Å². The van der Waals surface area contributed by atoms with Gasteiger partial charge in [0.2, 0.25) is 5.95 Å². The molecule has 0 aliphatic carbocycles. The van der Waals surface area contributed by atoms with Crippen LogP contribution >= 0.6 is 11.6 Å². The average molecular weight is 441 g/mol. The molecule has 1 aromatic carbocycles. The third-order valence-electron chi connectivity index (χ3n) is 5.32. The first kappa shape index (κ1) is 21.0. The molecular formula is C21H25ClN8O. The number of benzene rings is 1. The summed E-state index contributed by atoms with van der Waals surface area (Å²) in [6.07, 6.45) is 3.31. The van der Waals surface area contributed by atoms with E-state index in [1.807, 2.05) is 26.1 Å². The minimum Gasteiger partial charge on any atom is -0.344 e. The molecule has 2 amide bonds. The summed E-state index contributed by atoms with van der Waals surface area (Å²) in [6.45, 7) is 6.82. The molecule has 1 N–H and O–H groups in total. The summed E-state index contributed by atoms with van der Waals surface area (Å²) in [5, 5.41) is 8.43. The molecule has 4 rings (SSSR count). The van der Waals surface area contributed by atoms with E-state index in [1.165, 1.54) is 0 Å². The Morgan fingerprint density at radius 3 is 2.58 bits per heavy atom. The number of anilines is 2. The Bertz CT molecular complexity index is 1070. The Hall–Kier alpha value is -3.20. The van der Waals surface area contributed by atoms with Crippen LogP contribution in [0, 0.1) is 5.92 Å². The number of amides is 2. The first-order valence-corrected chi connectivity index (χ1v) is 10.5. The predicted octanol–water partition coefficient (Wildman–Crippen LogP) is 3.78. The van der Waals surface area contributed by atoms with Crippen LogP contribution in [0.4, 0.5) is 16.6 Å². The molecule has 1 fully saturated rings. The van der Waals surface area contributed by atoms with Crippen LogP contribution in [0.5, 0.6) is 0 Å². The van der Waals surface area contributed by atoms with Gasteiger partial charge in [-0.3, -0.25) is 4.90 Å². The molecule has 31 heavy (non-hydrogen) atoms. The lowest BCUT2D eigenvalue weighted by atomic mass is 10.0. The van der Waals surface area contributed by atoms with E-state index in [2.05, 4.69) is 39.2 Å². The fraction of sp³-hybridized carbons (Fsp3) is 0.381. The summed E-state index contributed by atoms with van der Waals surface area (Å²) in [6, 6.07) is 8.90. The Labute approximate surface area is 186 Å². The zero-order valence-corrected chi connectivity index (χ0v) is 18.7. The van der Waals surface area contributed by atoms with Crippen molar-refractivity contribution in [3.05, 3.63) is 53.7 Å². The number of halogens is 1. The van der Waals surface area contributed by atoms with Gasteiger partial charge in [0.25, 0.3) is 0 Å². The molecule has 0 spiro atoms. The van der Waals surface area contributed by atoms with Gasteiger partial charge in [0.1, 0.15) is 12.1 Å². The first-order valence-electron chi connectivity index (χ1n) is 10.1. The second kappa shape index (κ2) is 8.50. The molecule has 0 unspecified atom stereocenters. The molecule has 3 heterocycles. The summed E-state index contributed by atoms with van der Waals surface area (Å²) < 4.78 is 1.69. The van der Waals surface area contributed by atoms with E-state index in [9.17, 15) is 4.79 Å². The van der Waals surface area contributed by atoms with E-state index in [-0.39, 0.29) is 18.1 Å². The molecule has 1 aliphatic heterocycles. The van der Waals surface area contributed by atoms with Gasteiger partial charge in [-0.05, 0) is 43.2 Å². The molecule has 0 bridgehead atoms. The van der Waals surface area contributed by atoms with Crippen LogP contribution in [-0.2, 0) is 0 Å². The molecule has 2 aromatic heterocycles. The number of carbonyl (C=O) groups is 1. The summed E-state index contributed by atoms with van der Waals surface area (Å²) in [7, 11) is 1.81. The predicted molar refractivity (Wildman–Crippen MR) is 120 cm³/mol. The largest absolute Gasteiger partial charge is 0.344 e. The normalized spacial score (nSPS) is 17.5. The molecule has 162 valence electrons. The van der Waals surface area contributed by atoms with Gasteiger partial charge in [0.05, 0.1) is 17.8 Å². The summed E-state index contributed by atoms with van der Waals surface area (Å²) in [4.78, 5) is 29.4. The lowest BCUT2D eigenvalue weighted by molar-refractivity contribution is 0.229. The third kappa shape index (κ3) is 4.32. The molecule has 1 aliphatic rings. The van der Waals surface area contributed by atoms with Crippen molar-refractivity contribution in [1.82, 2.24) is 29.6 Å². The van der Waals surface area contributed by atoms with Crippen LogP contribution in [0.1, 0.15) is 32.6 Å². The molecule has 3 aromatic rings. The Balaban J connectivity index is 1.51. The van der Waals surface area contributed by atoms with E-state index in [1.54, 1.807) is 45.2 Å². The maximum absolute atomic E-state index is 12.7. The fourth-order valence-electron chi connectivity index (χ4n) is 3.55. The first-order chi connectivity index (χ1) is 14.8. The highest BCUT2D eigenvalue weighted by Crippen LogP contribution is 2.27. The third-order valence-corrected chi connectivity index (χ3v) is 5.57. The average Bonchev–Trinajstić information content (AvgIpc) is 3.34. The molecule has 0 radical (unpaired) electrons. The van der Waals surface area contributed by atoms with Crippen molar-refractivity contribution in [3.63, 3.8) is 0 Å². The van der Waals surface area contributed by atoms with E-state index in [0.717, 1.165) is 5.69 Å². The molecule has 10 heteroatoms. The van der Waals surface area contributed by atoms with Crippen molar-refractivity contribution in [1.29, 1.82) is 0 Å². The molecule has 2 atom stereocenters. The second-order valence-corrected chi connectivity index (χ2v) is 8.41. The minimum absolute atomic E-state index is 0.0558. The van der Waals surface area contributed by atoms with Gasteiger partial charge >= 0.3 is 6.03 Å². The lowest BCUT2D eigenvalue weighted by Gasteiger charge is -2.25. The Morgan fingerprint density at radius 1 is 1.13 bits per heavy atom. The zero-order chi connectivity index (χ0) is 22.1. The highest BCUT2D eigenvalue weighted by atomic mass is 35.5. The van der Waals surface area contributed by atoms with Crippen LogP contribution in [0.25, 0.3) is 5.69 Å². The quantitative estimate of drug-likeness (QED) is 0.627. The highest BCUT2D eigenvalue weighted by molar-refractivity contribution is 6.30. The number of carbonyl (C=O) groups excluding carboxylic acids is 1. The number of hydrogen-bond donors (Lipinski definition) is 1. The van der Waals surface area contributed by atoms with Crippen LogP contribution in [-0.4, -0.2) is 55.3 Å². The zero-order valence-electron chi connectivity index (χ0n) is 17.9. The maximum Gasteiger partial charge on any atom is 0.325 e. The Morgan fingerprint density at radius 2 is 1.87 bits per heavy atom. The number of nitrogens with one attached hydrogen (secondary N) is 1. The number of nitrogens with zero attached hydrogens (tertiary/aromatic N) is 7. The molecule has 0 saturated carbocycles. The minimum atomic E-state index is -0.235. The van der Waals surface area contributed by atoms with Gasteiger partial charge in [0.15, 0.2) is 5.82 Å². The number of rotatable bonds is 6. The number of likely N-dealkylation sites (N-methyl/N-ethyl adjacent to an activating group) is 1. The molecule has 1 saturated heterocycles. The number of aromatic nitrogens is 5. The summed E-state index contributed by atoms with van der Waals surface area (Å²) in [5.74, 6) is 1.90. The fourth-order valence-corrected chi connectivity index (χ4v) is 3.67. The van der Waals surface area contributed by atoms with Crippen LogP contribution < -0.4 is 10.2 Å².